The molecule has 0 aromatic rings. The van der Waals surface area contributed by atoms with Gasteiger partial charge in [0.1, 0.15) is 0 Å². The summed E-state index contributed by atoms with van der Waals surface area (Å²) in [6.45, 7) is 2.47. The molecule has 0 spiro atoms. The highest BCUT2D eigenvalue weighted by molar-refractivity contribution is 7.99. The van der Waals surface area contributed by atoms with E-state index in [2.05, 4.69) is 5.32 Å². The van der Waals surface area contributed by atoms with Crippen LogP contribution in [0, 0.1) is 0 Å². The fraction of sp³-hybridized carbons (Fsp3) is 1.00. The van der Waals surface area contributed by atoms with Gasteiger partial charge in [-0.15, -0.1) is 0 Å². The van der Waals surface area contributed by atoms with E-state index in [0.717, 1.165) is 0 Å². The molecule has 0 bridgehead atoms. The van der Waals surface area contributed by atoms with Gasteiger partial charge in [0.25, 0.3) is 6.43 Å². The van der Waals surface area contributed by atoms with E-state index in [-0.39, 0.29) is 6.54 Å². The second-order valence-electron chi connectivity index (χ2n) is 2.10. The normalized spacial score (nSPS) is 14.1. The summed E-state index contributed by atoms with van der Waals surface area (Å²) >= 11 is 1.67. The van der Waals surface area contributed by atoms with Crippen LogP contribution in [-0.4, -0.2) is 31.0 Å². The maximum absolute atomic E-state index is 11.5. The van der Waals surface area contributed by atoms with Gasteiger partial charge < -0.3 is 5.32 Å². The first-order valence-electron chi connectivity index (χ1n) is 3.18. The lowest BCUT2D eigenvalue weighted by molar-refractivity contribution is 0.146. The van der Waals surface area contributed by atoms with Crippen LogP contribution in [0.5, 0.6) is 0 Å². The fourth-order valence-corrected chi connectivity index (χ4v) is 0.764. The van der Waals surface area contributed by atoms with Crippen molar-refractivity contribution in [2.75, 3.05) is 19.3 Å². The molecule has 1 nitrogen and oxygen atoms in total. The maximum Gasteiger partial charge on any atom is 0.250 e. The number of rotatable bonds is 5. The second kappa shape index (κ2) is 5.92. The summed E-state index contributed by atoms with van der Waals surface area (Å²) in [5, 5.41) is 3.08. The lowest BCUT2D eigenvalue weighted by Crippen LogP contribution is -2.27. The molecular weight excluding hydrogens is 156 g/mol. The topological polar surface area (TPSA) is 12.0 Å². The Labute approximate surface area is 64.6 Å². The zero-order chi connectivity index (χ0) is 7.98. The monoisotopic (exact) mass is 169 g/mol. The van der Waals surface area contributed by atoms with E-state index < -0.39 is 6.43 Å². The van der Waals surface area contributed by atoms with E-state index in [1.54, 1.807) is 11.8 Å². The largest absolute Gasteiger partial charge is 0.310 e. The summed E-state index contributed by atoms with van der Waals surface area (Å²) in [7, 11) is 0. The number of halogens is 2. The Bertz CT molecular complexity index is 80.1. The summed E-state index contributed by atoms with van der Waals surface area (Å²) in [4.78, 5) is 0. The molecule has 0 radical (unpaired) electrons. The SMILES string of the molecule is CSC(C)CNCC(F)F. The van der Waals surface area contributed by atoms with Crippen LogP contribution in [0.1, 0.15) is 6.92 Å². The third-order valence-electron chi connectivity index (χ3n) is 1.13. The lowest BCUT2D eigenvalue weighted by atomic mass is 10.4. The highest BCUT2D eigenvalue weighted by Gasteiger charge is 2.02. The number of hydrogen-bond acceptors (Lipinski definition) is 2. The first-order chi connectivity index (χ1) is 4.66. The Morgan fingerprint density at radius 2 is 2.00 bits per heavy atom. The molecule has 0 aromatic carbocycles. The lowest BCUT2D eigenvalue weighted by Gasteiger charge is -2.08. The molecule has 0 saturated heterocycles. The molecule has 4 heteroatoms. The van der Waals surface area contributed by atoms with Crippen molar-refractivity contribution in [1.82, 2.24) is 5.32 Å². The van der Waals surface area contributed by atoms with E-state index >= 15 is 0 Å². The number of hydrogen-bond donors (Lipinski definition) is 1. The fourth-order valence-electron chi connectivity index (χ4n) is 0.479. The summed E-state index contributed by atoms with van der Waals surface area (Å²) in [5.74, 6) is 0. The van der Waals surface area contributed by atoms with E-state index in [1.165, 1.54) is 0 Å². The minimum atomic E-state index is -2.23. The molecule has 0 aliphatic rings. The summed E-state index contributed by atoms with van der Waals surface area (Å²) in [5.41, 5.74) is 0. The zero-order valence-corrected chi connectivity index (χ0v) is 7.05. The molecular formula is C6H13F2NS. The Hall–Kier alpha value is 0.170. The van der Waals surface area contributed by atoms with Crippen LogP contribution in [0.3, 0.4) is 0 Å². The van der Waals surface area contributed by atoms with E-state index in [4.69, 9.17) is 0 Å². The van der Waals surface area contributed by atoms with Crippen LogP contribution in [0.4, 0.5) is 8.78 Å². The molecule has 62 valence electrons. The highest BCUT2D eigenvalue weighted by Crippen LogP contribution is 2.02. The van der Waals surface area contributed by atoms with Gasteiger partial charge in [-0.3, -0.25) is 0 Å². The van der Waals surface area contributed by atoms with Crippen molar-refractivity contribution in [1.29, 1.82) is 0 Å². The highest BCUT2D eigenvalue weighted by atomic mass is 32.2. The number of nitrogens with one attached hydrogen (secondary N) is 1. The standard InChI is InChI=1S/C6H13F2NS/c1-5(10-2)3-9-4-6(7)8/h5-6,9H,3-4H2,1-2H3. The maximum atomic E-state index is 11.5. The Kier molecular flexibility index (Phi) is 6.02. The van der Waals surface area contributed by atoms with Crippen molar-refractivity contribution in [3.8, 4) is 0 Å². The predicted octanol–water partition coefficient (Wildman–Crippen LogP) is 1.59. The van der Waals surface area contributed by atoms with E-state index in [0.29, 0.717) is 11.8 Å². The van der Waals surface area contributed by atoms with E-state index in [1.807, 2.05) is 13.2 Å². The summed E-state index contributed by atoms with van der Waals surface area (Å²) in [6, 6.07) is 0. The quantitative estimate of drug-likeness (QED) is 0.670. The minimum Gasteiger partial charge on any atom is -0.310 e. The van der Waals surface area contributed by atoms with Gasteiger partial charge in [0.05, 0.1) is 6.54 Å². The molecule has 0 saturated carbocycles. The summed E-state index contributed by atoms with van der Waals surface area (Å²) in [6.07, 6.45) is -0.261. The van der Waals surface area contributed by atoms with Crippen LogP contribution in [-0.2, 0) is 0 Å². The van der Waals surface area contributed by atoms with Crippen LogP contribution in [0.25, 0.3) is 0 Å². The van der Waals surface area contributed by atoms with Crippen molar-refractivity contribution < 1.29 is 8.78 Å². The smallest absolute Gasteiger partial charge is 0.250 e. The molecule has 10 heavy (non-hydrogen) atoms. The second-order valence-corrected chi connectivity index (χ2v) is 3.37. The van der Waals surface area contributed by atoms with Crippen molar-refractivity contribution in [3.63, 3.8) is 0 Å². The number of alkyl halides is 2. The van der Waals surface area contributed by atoms with Gasteiger partial charge in [0.15, 0.2) is 0 Å². The van der Waals surface area contributed by atoms with Gasteiger partial charge in [0.2, 0.25) is 0 Å². The van der Waals surface area contributed by atoms with Crippen molar-refractivity contribution >= 4 is 11.8 Å². The molecule has 1 N–H and O–H groups in total. The van der Waals surface area contributed by atoms with Crippen LogP contribution in [0.2, 0.25) is 0 Å². The molecule has 0 aromatic heterocycles. The predicted molar refractivity (Wildman–Crippen MR) is 41.9 cm³/mol. The molecule has 0 fully saturated rings. The Morgan fingerprint density at radius 3 is 2.40 bits per heavy atom. The van der Waals surface area contributed by atoms with Crippen molar-refractivity contribution in [2.24, 2.45) is 0 Å². The number of thioether (sulfide) groups is 1. The van der Waals surface area contributed by atoms with Crippen LogP contribution >= 0.6 is 11.8 Å². The van der Waals surface area contributed by atoms with Gasteiger partial charge in [0, 0.05) is 11.8 Å². The Morgan fingerprint density at radius 1 is 1.40 bits per heavy atom. The molecule has 1 unspecified atom stereocenters. The molecule has 0 aliphatic carbocycles. The van der Waals surface area contributed by atoms with Gasteiger partial charge in [-0.1, -0.05) is 6.92 Å². The van der Waals surface area contributed by atoms with Crippen LogP contribution in [0.15, 0.2) is 0 Å². The average Bonchev–Trinajstić information content (AvgIpc) is 1.87. The van der Waals surface area contributed by atoms with Gasteiger partial charge in [-0.25, -0.2) is 8.78 Å². The third-order valence-corrected chi connectivity index (χ3v) is 2.10. The molecule has 0 heterocycles. The molecule has 0 rings (SSSR count). The minimum absolute atomic E-state index is 0.190. The first kappa shape index (κ1) is 10.2. The zero-order valence-electron chi connectivity index (χ0n) is 6.23. The van der Waals surface area contributed by atoms with Crippen LogP contribution < -0.4 is 5.32 Å². The molecule has 1 atom stereocenters. The van der Waals surface area contributed by atoms with Gasteiger partial charge in [-0.05, 0) is 6.26 Å². The van der Waals surface area contributed by atoms with Gasteiger partial charge >= 0.3 is 0 Å². The first-order valence-corrected chi connectivity index (χ1v) is 4.47. The summed E-state index contributed by atoms with van der Waals surface area (Å²) < 4.78 is 23.0. The third kappa shape index (κ3) is 6.29. The van der Waals surface area contributed by atoms with Crippen molar-refractivity contribution in [3.05, 3.63) is 0 Å². The van der Waals surface area contributed by atoms with Gasteiger partial charge in [-0.2, -0.15) is 11.8 Å². The Balaban J connectivity index is 3.03. The van der Waals surface area contributed by atoms with Crippen molar-refractivity contribution in [2.45, 2.75) is 18.6 Å². The molecule has 0 amide bonds. The van der Waals surface area contributed by atoms with E-state index in [9.17, 15) is 8.78 Å². The molecule has 0 aliphatic heterocycles. The average molecular weight is 169 g/mol.